The summed E-state index contributed by atoms with van der Waals surface area (Å²) in [5.74, 6) is -8.21. The highest BCUT2D eigenvalue weighted by atomic mass is 19.4. The van der Waals surface area contributed by atoms with E-state index in [2.05, 4.69) is 5.10 Å². The zero-order valence-electron chi connectivity index (χ0n) is 15.2. The number of hydrogen-bond donors (Lipinski definition) is 2. The first-order valence-corrected chi connectivity index (χ1v) is 8.05. The fraction of sp³-hybridized carbons (Fsp3) is 0.235. The molecule has 0 spiro atoms. The normalized spacial score (nSPS) is 13.6. The van der Waals surface area contributed by atoms with Crippen molar-refractivity contribution in [3.05, 3.63) is 47.5 Å². The van der Waals surface area contributed by atoms with Crippen molar-refractivity contribution in [3.8, 4) is 17.2 Å². The van der Waals surface area contributed by atoms with Gasteiger partial charge in [0.2, 0.25) is 5.82 Å². The van der Waals surface area contributed by atoms with Gasteiger partial charge in [-0.3, -0.25) is 10.7 Å². The number of nitrogens with zero attached hydrogens (tertiary/aromatic N) is 3. The van der Waals surface area contributed by atoms with E-state index in [1.807, 2.05) is 0 Å². The lowest BCUT2D eigenvalue weighted by molar-refractivity contribution is -0.539. The van der Waals surface area contributed by atoms with Gasteiger partial charge in [0, 0.05) is 11.8 Å². The average molecular weight is 456 g/mol. The van der Waals surface area contributed by atoms with Crippen LogP contribution in [0.4, 0.5) is 39.5 Å². The number of hydrogen-bond acceptors (Lipinski definition) is 3. The van der Waals surface area contributed by atoms with Gasteiger partial charge in [-0.1, -0.05) is 6.07 Å². The molecule has 1 aromatic heterocycles. The molecule has 2 rings (SSSR count). The number of nitrogens with two attached hydrogens (primary N) is 1. The molecule has 0 aliphatic heterocycles. The minimum atomic E-state index is -6.43. The standard InChI is InChI=1S/C17H10F9N5/c1-29-14(12(16(21,22)23)13(28)15(19,20)17(24,25)26)31-7-10(6-30-31)8-2-3-11(18)9(4-8)5-27/h2-4,6-7,28-29H,1H3/p+1. The van der Waals surface area contributed by atoms with Crippen LogP contribution < -0.4 is 5.32 Å². The first kappa shape index (κ1) is 23.9. The molecule has 3 N–H and O–H groups in total. The van der Waals surface area contributed by atoms with Gasteiger partial charge in [-0.15, -0.1) is 0 Å². The lowest BCUT2D eigenvalue weighted by Crippen LogP contribution is -2.78. The van der Waals surface area contributed by atoms with E-state index in [1.165, 1.54) is 0 Å². The summed E-state index contributed by atoms with van der Waals surface area (Å²) in [5.41, 5.74) is -5.81. The van der Waals surface area contributed by atoms with Crippen LogP contribution >= 0.6 is 0 Å². The van der Waals surface area contributed by atoms with Crippen LogP contribution in [0.25, 0.3) is 16.9 Å². The number of halogens is 9. The van der Waals surface area contributed by atoms with E-state index in [1.54, 1.807) is 6.07 Å². The van der Waals surface area contributed by atoms with Crippen LogP contribution in [0.1, 0.15) is 5.56 Å². The highest BCUT2D eigenvalue weighted by molar-refractivity contribution is 6.07. The molecule has 0 saturated heterocycles. The molecule has 1 heterocycles. The molecule has 31 heavy (non-hydrogen) atoms. The van der Waals surface area contributed by atoms with Crippen LogP contribution in [0.3, 0.4) is 0 Å². The van der Waals surface area contributed by atoms with Gasteiger partial charge in [0.15, 0.2) is 5.57 Å². The molecule has 0 atom stereocenters. The Hall–Kier alpha value is -3.34. The van der Waals surface area contributed by atoms with Crippen LogP contribution in [-0.4, -0.2) is 40.8 Å². The quantitative estimate of drug-likeness (QED) is 0.532. The van der Waals surface area contributed by atoms with E-state index in [0.717, 1.165) is 37.6 Å². The Balaban J connectivity index is 2.67. The predicted octanol–water partition coefficient (Wildman–Crippen LogP) is 3.70. The SMILES string of the molecule is C[NH2+]C(=C(C(=N)C(F)(F)C(F)(F)F)C(F)(F)F)n1cc(-c2ccc(F)c(C#N)c2)cn1. The minimum absolute atomic E-state index is 0.00601. The summed E-state index contributed by atoms with van der Waals surface area (Å²) in [6, 6.07) is 4.64. The Kier molecular flexibility index (Phi) is 6.23. The van der Waals surface area contributed by atoms with Crippen molar-refractivity contribution in [3.63, 3.8) is 0 Å². The van der Waals surface area contributed by atoms with Crippen molar-refractivity contribution in [2.75, 3.05) is 7.05 Å². The smallest absolute Gasteiger partial charge is 0.299 e. The summed E-state index contributed by atoms with van der Waals surface area (Å²) >= 11 is 0. The second kappa shape index (κ2) is 8.06. The van der Waals surface area contributed by atoms with Gasteiger partial charge in [0.25, 0.3) is 0 Å². The number of alkyl halides is 8. The number of aromatic nitrogens is 2. The van der Waals surface area contributed by atoms with E-state index in [-0.39, 0.29) is 11.1 Å². The van der Waals surface area contributed by atoms with Crippen molar-refractivity contribution in [1.29, 1.82) is 10.7 Å². The molecule has 0 fully saturated rings. The molecule has 1 aromatic carbocycles. The zero-order chi connectivity index (χ0) is 23.8. The van der Waals surface area contributed by atoms with Gasteiger partial charge >= 0.3 is 18.3 Å². The summed E-state index contributed by atoms with van der Waals surface area (Å²) in [6.07, 6.45) is -10.4. The number of nitriles is 1. The van der Waals surface area contributed by atoms with Crippen LogP contribution in [0.2, 0.25) is 0 Å². The van der Waals surface area contributed by atoms with Gasteiger partial charge in [-0.2, -0.15) is 50.2 Å². The molecule has 0 unspecified atom stereocenters. The predicted molar refractivity (Wildman–Crippen MR) is 88.2 cm³/mol. The second-order valence-electron chi connectivity index (χ2n) is 5.97. The Labute approximate surface area is 167 Å². The van der Waals surface area contributed by atoms with Gasteiger partial charge < -0.3 is 0 Å². The third kappa shape index (κ3) is 4.55. The molecule has 0 aliphatic carbocycles. The van der Waals surface area contributed by atoms with Crippen molar-refractivity contribution in [2.24, 2.45) is 0 Å². The van der Waals surface area contributed by atoms with Gasteiger partial charge in [0.05, 0.1) is 18.8 Å². The Morgan fingerprint density at radius 2 is 1.71 bits per heavy atom. The molecule has 0 radical (unpaired) electrons. The molecule has 0 amide bonds. The monoisotopic (exact) mass is 456 g/mol. The molecule has 0 saturated carbocycles. The molecule has 166 valence electrons. The number of benzene rings is 1. The van der Waals surface area contributed by atoms with E-state index < -0.39 is 46.8 Å². The third-order valence-corrected chi connectivity index (χ3v) is 3.98. The fourth-order valence-electron chi connectivity index (χ4n) is 2.50. The largest absolute Gasteiger partial charge is 0.459 e. The van der Waals surface area contributed by atoms with E-state index in [9.17, 15) is 39.5 Å². The molecular weight excluding hydrogens is 445 g/mol. The Morgan fingerprint density at radius 1 is 1.10 bits per heavy atom. The summed E-state index contributed by atoms with van der Waals surface area (Å²) in [7, 11) is 0.924. The maximum atomic E-state index is 13.5. The molecule has 2 aromatic rings. The summed E-state index contributed by atoms with van der Waals surface area (Å²) < 4.78 is 119. The highest BCUT2D eigenvalue weighted by Crippen LogP contribution is 2.42. The van der Waals surface area contributed by atoms with Crippen molar-refractivity contribution in [2.45, 2.75) is 18.3 Å². The molecular formula is C17H11F9N5+. The maximum absolute atomic E-state index is 13.5. The summed E-state index contributed by atoms with van der Waals surface area (Å²) in [6.45, 7) is 0. The Bertz CT molecular complexity index is 1070. The van der Waals surface area contributed by atoms with Gasteiger partial charge in [0.1, 0.15) is 17.6 Å². The summed E-state index contributed by atoms with van der Waals surface area (Å²) in [4.78, 5) is 0. The highest BCUT2D eigenvalue weighted by Gasteiger charge is 2.65. The fourth-order valence-corrected chi connectivity index (χ4v) is 2.50. The van der Waals surface area contributed by atoms with Crippen LogP contribution in [-0.2, 0) is 0 Å². The maximum Gasteiger partial charge on any atom is 0.459 e. The van der Waals surface area contributed by atoms with E-state index in [4.69, 9.17) is 10.7 Å². The third-order valence-electron chi connectivity index (χ3n) is 3.98. The van der Waals surface area contributed by atoms with Crippen LogP contribution in [0, 0.1) is 22.6 Å². The first-order chi connectivity index (χ1) is 14.1. The summed E-state index contributed by atoms with van der Waals surface area (Å²) in [5, 5.41) is 19.9. The second-order valence-corrected chi connectivity index (χ2v) is 5.97. The lowest BCUT2D eigenvalue weighted by Gasteiger charge is -2.23. The number of nitrogens with one attached hydrogen (secondary N) is 1. The average Bonchev–Trinajstić information content (AvgIpc) is 3.13. The number of allylic oxidation sites excluding steroid dienone is 1. The van der Waals surface area contributed by atoms with Crippen molar-refractivity contribution in [1.82, 2.24) is 9.78 Å². The van der Waals surface area contributed by atoms with E-state index in [0.29, 0.717) is 10.00 Å². The van der Waals surface area contributed by atoms with Crippen LogP contribution in [0.5, 0.6) is 0 Å². The van der Waals surface area contributed by atoms with Crippen molar-refractivity contribution < 1.29 is 44.8 Å². The van der Waals surface area contributed by atoms with Crippen molar-refractivity contribution >= 4 is 11.5 Å². The first-order valence-electron chi connectivity index (χ1n) is 8.05. The zero-order valence-corrected chi connectivity index (χ0v) is 15.2. The number of quaternary nitrogens is 1. The minimum Gasteiger partial charge on any atom is -0.299 e. The number of rotatable bonds is 5. The van der Waals surface area contributed by atoms with Gasteiger partial charge in [-0.05, 0) is 17.7 Å². The molecule has 0 aliphatic rings. The van der Waals surface area contributed by atoms with E-state index >= 15 is 0 Å². The Morgan fingerprint density at radius 3 is 2.19 bits per heavy atom. The lowest BCUT2D eigenvalue weighted by atomic mass is 10.0. The molecule has 5 nitrogen and oxygen atoms in total. The van der Waals surface area contributed by atoms with Crippen LogP contribution in [0.15, 0.2) is 36.2 Å². The topological polar surface area (TPSA) is 82.1 Å². The van der Waals surface area contributed by atoms with Gasteiger partial charge in [-0.25, -0.2) is 4.39 Å². The molecule has 14 heteroatoms. The molecule has 0 bridgehead atoms.